The van der Waals surface area contributed by atoms with Crippen molar-refractivity contribution < 1.29 is 14.0 Å². The number of nitrogens with zero attached hydrogens (tertiary/aromatic N) is 2. The third-order valence-electron chi connectivity index (χ3n) is 5.51. The van der Waals surface area contributed by atoms with Crippen LogP contribution in [0.15, 0.2) is 48.5 Å². The Kier molecular flexibility index (Phi) is 4.58. The summed E-state index contributed by atoms with van der Waals surface area (Å²) in [5.74, 6) is -0.755. The Morgan fingerprint density at radius 1 is 1.03 bits per heavy atom. The molecule has 1 aromatic heterocycles. The van der Waals surface area contributed by atoms with Gasteiger partial charge in [-0.3, -0.25) is 9.59 Å². The van der Waals surface area contributed by atoms with Crippen molar-refractivity contribution in [3.8, 4) is 5.69 Å². The van der Waals surface area contributed by atoms with Gasteiger partial charge in [-0.1, -0.05) is 6.07 Å². The number of hydrogen-bond acceptors (Lipinski definition) is 3. The SMILES string of the molecule is O=C(NC1CC1)c1cccc(NC(=O)c2nn(-c3ccc(F)cc3)c3c2CCC3)c1. The van der Waals surface area contributed by atoms with Gasteiger partial charge in [0.1, 0.15) is 5.82 Å². The lowest BCUT2D eigenvalue weighted by Crippen LogP contribution is -2.25. The number of aromatic nitrogens is 2. The van der Waals surface area contributed by atoms with Gasteiger partial charge in [0.05, 0.1) is 5.69 Å². The van der Waals surface area contributed by atoms with Gasteiger partial charge in [-0.2, -0.15) is 5.10 Å². The van der Waals surface area contributed by atoms with Crippen LogP contribution >= 0.6 is 0 Å². The molecule has 1 fully saturated rings. The van der Waals surface area contributed by atoms with Crippen LogP contribution in [0.25, 0.3) is 5.69 Å². The first-order valence-electron chi connectivity index (χ1n) is 10.2. The first-order valence-corrected chi connectivity index (χ1v) is 10.2. The van der Waals surface area contributed by atoms with Gasteiger partial charge >= 0.3 is 0 Å². The van der Waals surface area contributed by atoms with E-state index in [4.69, 9.17) is 0 Å². The van der Waals surface area contributed by atoms with E-state index in [1.165, 1.54) is 12.1 Å². The standard InChI is InChI=1S/C23H21FN4O2/c24-15-7-11-18(12-8-15)28-20-6-2-5-19(20)21(27-28)23(30)26-17-4-1-3-14(13-17)22(29)25-16-9-10-16/h1,3-4,7-8,11-13,16H,2,5-6,9-10H2,(H,25,29)(H,26,30). The number of benzene rings is 2. The number of nitrogens with one attached hydrogen (secondary N) is 2. The average molecular weight is 404 g/mol. The molecule has 0 aliphatic heterocycles. The third-order valence-corrected chi connectivity index (χ3v) is 5.51. The second kappa shape index (κ2) is 7.40. The van der Waals surface area contributed by atoms with Gasteiger partial charge in [0.15, 0.2) is 5.69 Å². The molecule has 0 spiro atoms. The molecule has 2 N–H and O–H groups in total. The van der Waals surface area contributed by atoms with Crippen LogP contribution in [0, 0.1) is 5.82 Å². The molecule has 0 radical (unpaired) electrons. The van der Waals surface area contributed by atoms with Gasteiger partial charge in [0.2, 0.25) is 0 Å². The number of hydrogen-bond donors (Lipinski definition) is 2. The molecule has 2 aliphatic carbocycles. The molecule has 5 rings (SSSR count). The Balaban J connectivity index is 1.40. The molecule has 152 valence electrons. The second-order valence-corrected chi connectivity index (χ2v) is 7.80. The van der Waals surface area contributed by atoms with Crippen molar-refractivity contribution in [2.45, 2.75) is 38.1 Å². The van der Waals surface area contributed by atoms with E-state index < -0.39 is 0 Å². The average Bonchev–Trinajstić information content (AvgIpc) is 3.29. The Labute approximate surface area is 173 Å². The molecule has 0 atom stereocenters. The number of amides is 2. The molecule has 0 unspecified atom stereocenters. The maximum atomic E-state index is 13.3. The fourth-order valence-corrected chi connectivity index (χ4v) is 3.84. The van der Waals surface area contributed by atoms with E-state index in [1.54, 1.807) is 41.1 Å². The summed E-state index contributed by atoms with van der Waals surface area (Å²) in [6, 6.07) is 13.3. The summed E-state index contributed by atoms with van der Waals surface area (Å²) in [6.45, 7) is 0. The zero-order chi connectivity index (χ0) is 20.7. The number of carbonyl (C=O) groups is 2. The number of carbonyl (C=O) groups excluding carboxylic acids is 2. The lowest BCUT2D eigenvalue weighted by Gasteiger charge is -2.08. The molecule has 30 heavy (non-hydrogen) atoms. The van der Waals surface area contributed by atoms with Gasteiger partial charge in [-0.05, 0) is 74.6 Å². The van der Waals surface area contributed by atoms with E-state index >= 15 is 0 Å². The molecule has 2 amide bonds. The summed E-state index contributed by atoms with van der Waals surface area (Å²) in [6.07, 6.45) is 4.59. The van der Waals surface area contributed by atoms with Crippen molar-refractivity contribution in [1.82, 2.24) is 15.1 Å². The fourth-order valence-electron chi connectivity index (χ4n) is 3.84. The van der Waals surface area contributed by atoms with Crippen LogP contribution in [0.3, 0.4) is 0 Å². The monoisotopic (exact) mass is 404 g/mol. The van der Waals surface area contributed by atoms with Crippen LogP contribution in [0.2, 0.25) is 0 Å². The van der Waals surface area contributed by atoms with Crippen LogP contribution in [0.5, 0.6) is 0 Å². The zero-order valence-electron chi connectivity index (χ0n) is 16.3. The van der Waals surface area contributed by atoms with E-state index in [0.29, 0.717) is 16.9 Å². The van der Waals surface area contributed by atoms with E-state index in [-0.39, 0.29) is 23.7 Å². The van der Waals surface area contributed by atoms with Crippen molar-refractivity contribution >= 4 is 17.5 Å². The van der Waals surface area contributed by atoms with Gasteiger partial charge in [-0.15, -0.1) is 0 Å². The molecule has 1 saturated carbocycles. The molecule has 2 aliphatic rings. The van der Waals surface area contributed by atoms with E-state index in [0.717, 1.165) is 49.0 Å². The van der Waals surface area contributed by atoms with Crippen LogP contribution in [-0.4, -0.2) is 27.6 Å². The molecule has 0 bridgehead atoms. The number of halogens is 1. The summed E-state index contributed by atoms with van der Waals surface area (Å²) in [4.78, 5) is 25.3. The predicted molar refractivity (Wildman–Crippen MR) is 110 cm³/mol. The minimum Gasteiger partial charge on any atom is -0.349 e. The first-order chi connectivity index (χ1) is 14.6. The van der Waals surface area contributed by atoms with Crippen LogP contribution in [0.1, 0.15) is 51.4 Å². The molecular formula is C23H21FN4O2. The fraction of sp³-hybridized carbons (Fsp3) is 0.261. The van der Waals surface area contributed by atoms with E-state index in [2.05, 4.69) is 15.7 Å². The molecule has 2 aromatic carbocycles. The summed E-state index contributed by atoms with van der Waals surface area (Å²) in [5, 5.41) is 10.4. The Bertz CT molecular complexity index is 1130. The predicted octanol–water partition coefficient (Wildman–Crippen LogP) is 3.64. The number of rotatable bonds is 5. The number of anilines is 1. The maximum absolute atomic E-state index is 13.3. The van der Waals surface area contributed by atoms with Gasteiger partial charge in [0.25, 0.3) is 11.8 Å². The maximum Gasteiger partial charge on any atom is 0.276 e. The summed E-state index contributed by atoms with van der Waals surface area (Å²) >= 11 is 0. The molecule has 1 heterocycles. The Morgan fingerprint density at radius 2 is 1.83 bits per heavy atom. The van der Waals surface area contributed by atoms with E-state index in [9.17, 15) is 14.0 Å². The number of fused-ring (bicyclic) bond motifs is 1. The lowest BCUT2D eigenvalue weighted by molar-refractivity contribution is 0.0949. The lowest BCUT2D eigenvalue weighted by atomic mass is 10.1. The minimum atomic E-state index is -0.314. The highest BCUT2D eigenvalue weighted by atomic mass is 19.1. The van der Waals surface area contributed by atoms with Crippen LogP contribution in [0.4, 0.5) is 10.1 Å². The van der Waals surface area contributed by atoms with E-state index in [1.807, 2.05) is 0 Å². The molecule has 6 nitrogen and oxygen atoms in total. The normalized spacial score (nSPS) is 15.0. The Morgan fingerprint density at radius 3 is 2.60 bits per heavy atom. The second-order valence-electron chi connectivity index (χ2n) is 7.80. The van der Waals surface area contributed by atoms with Crippen molar-refractivity contribution in [3.05, 3.63) is 76.9 Å². The Hall–Kier alpha value is -3.48. The molecular weight excluding hydrogens is 383 g/mol. The quantitative estimate of drug-likeness (QED) is 0.682. The summed E-state index contributed by atoms with van der Waals surface area (Å²) in [5.41, 5.74) is 4.09. The summed E-state index contributed by atoms with van der Waals surface area (Å²) in [7, 11) is 0. The molecule has 3 aromatic rings. The van der Waals surface area contributed by atoms with Crippen LogP contribution in [-0.2, 0) is 12.8 Å². The topological polar surface area (TPSA) is 76.0 Å². The van der Waals surface area contributed by atoms with Gasteiger partial charge in [-0.25, -0.2) is 9.07 Å². The van der Waals surface area contributed by atoms with Gasteiger partial charge in [0, 0.05) is 28.6 Å². The highest BCUT2D eigenvalue weighted by Gasteiger charge is 2.27. The summed E-state index contributed by atoms with van der Waals surface area (Å²) < 4.78 is 15.0. The van der Waals surface area contributed by atoms with Crippen molar-refractivity contribution in [1.29, 1.82) is 0 Å². The van der Waals surface area contributed by atoms with Crippen molar-refractivity contribution in [3.63, 3.8) is 0 Å². The molecule has 7 heteroatoms. The highest BCUT2D eigenvalue weighted by molar-refractivity contribution is 6.05. The van der Waals surface area contributed by atoms with Crippen LogP contribution < -0.4 is 10.6 Å². The third kappa shape index (κ3) is 3.58. The molecule has 0 saturated heterocycles. The largest absolute Gasteiger partial charge is 0.349 e. The first kappa shape index (κ1) is 18.5. The minimum absolute atomic E-state index is 0.130. The van der Waals surface area contributed by atoms with Crippen molar-refractivity contribution in [2.24, 2.45) is 0 Å². The highest BCUT2D eigenvalue weighted by Crippen LogP contribution is 2.28. The zero-order valence-corrected chi connectivity index (χ0v) is 16.3. The van der Waals surface area contributed by atoms with Gasteiger partial charge < -0.3 is 10.6 Å². The smallest absolute Gasteiger partial charge is 0.276 e. The van der Waals surface area contributed by atoms with Crippen molar-refractivity contribution in [2.75, 3.05) is 5.32 Å².